The Balaban J connectivity index is 1.79. The summed E-state index contributed by atoms with van der Waals surface area (Å²) in [7, 11) is 0. The molecule has 0 aromatic heterocycles. The summed E-state index contributed by atoms with van der Waals surface area (Å²) in [5.74, 6) is -0.106. The van der Waals surface area contributed by atoms with Crippen LogP contribution < -0.4 is 5.32 Å². The maximum absolute atomic E-state index is 12.8. The Hall–Kier alpha value is -2.13. The van der Waals surface area contributed by atoms with Crippen LogP contribution in [0.1, 0.15) is 36.8 Å². The van der Waals surface area contributed by atoms with Gasteiger partial charge in [-0.2, -0.15) is 0 Å². The van der Waals surface area contributed by atoms with Crippen LogP contribution in [-0.2, 0) is 4.79 Å². The molecule has 0 aliphatic heterocycles. The van der Waals surface area contributed by atoms with E-state index in [1.807, 2.05) is 67.6 Å². The van der Waals surface area contributed by atoms with Gasteiger partial charge in [0.1, 0.15) is 0 Å². The molecule has 0 heterocycles. The predicted octanol–water partition coefficient (Wildman–Crippen LogP) is 3.10. The van der Waals surface area contributed by atoms with Crippen LogP contribution in [0.5, 0.6) is 0 Å². The second-order valence-corrected chi connectivity index (χ2v) is 6.60. The van der Waals surface area contributed by atoms with Crippen LogP contribution in [0, 0.1) is 5.92 Å². The van der Waals surface area contributed by atoms with Gasteiger partial charge < -0.3 is 10.4 Å². The average Bonchev–Trinajstić information content (AvgIpc) is 3.41. The number of benzene rings is 2. The van der Waals surface area contributed by atoms with Crippen LogP contribution in [0.15, 0.2) is 60.7 Å². The van der Waals surface area contributed by atoms with E-state index in [-0.39, 0.29) is 11.8 Å². The van der Waals surface area contributed by atoms with Crippen LogP contribution in [0.25, 0.3) is 0 Å². The van der Waals surface area contributed by atoms with Crippen LogP contribution in [-0.4, -0.2) is 23.2 Å². The quantitative estimate of drug-likeness (QED) is 0.861. The Bertz CT molecular complexity index is 608. The Kier molecular flexibility index (Phi) is 4.49. The number of hydrogen-bond donors (Lipinski definition) is 2. The van der Waals surface area contributed by atoms with E-state index >= 15 is 0 Å². The van der Waals surface area contributed by atoms with E-state index in [1.165, 1.54) is 0 Å². The highest BCUT2D eigenvalue weighted by Gasteiger charge is 2.40. The first-order chi connectivity index (χ1) is 11.1. The van der Waals surface area contributed by atoms with Crippen LogP contribution in [0.4, 0.5) is 0 Å². The molecule has 23 heavy (non-hydrogen) atoms. The summed E-state index contributed by atoms with van der Waals surface area (Å²) in [4.78, 5) is 12.8. The molecule has 0 bridgehead atoms. The van der Waals surface area contributed by atoms with Gasteiger partial charge >= 0.3 is 0 Å². The van der Waals surface area contributed by atoms with Gasteiger partial charge in [0.05, 0.1) is 11.5 Å². The molecule has 0 radical (unpaired) electrons. The van der Waals surface area contributed by atoms with Crippen molar-refractivity contribution in [1.29, 1.82) is 0 Å². The second kappa shape index (κ2) is 6.55. The van der Waals surface area contributed by atoms with E-state index in [1.54, 1.807) is 0 Å². The maximum atomic E-state index is 12.8. The van der Waals surface area contributed by atoms with Crippen LogP contribution in [0.3, 0.4) is 0 Å². The number of carbonyl (C=O) groups is 1. The molecule has 3 heteroatoms. The molecule has 1 fully saturated rings. The molecular weight excluding hydrogens is 286 g/mol. The fraction of sp³-hybridized carbons (Fsp3) is 0.350. The zero-order chi connectivity index (χ0) is 16.3. The summed E-state index contributed by atoms with van der Waals surface area (Å²) in [6.07, 6.45) is 2.09. The van der Waals surface area contributed by atoms with Crippen molar-refractivity contribution < 1.29 is 9.90 Å². The Morgan fingerprint density at radius 2 is 1.57 bits per heavy atom. The van der Waals surface area contributed by atoms with Gasteiger partial charge in [-0.15, -0.1) is 0 Å². The smallest absolute Gasteiger partial charge is 0.232 e. The average molecular weight is 309 g/mol. The molecule has 3 nitrogen and oxygen atoms in total. The van der Waals surface area contributed by atoms with Gasteiger partial charge in [-0.1, -0.05) is 60.7 Å². The third kappa shape index (κ3) is 3.80. The largest absolute Gasteiger partial charge is 0.388 e. The van der Waals surface area contributed by atoms with Crippen molar-refractivity contribution in [3.8, 4) is 0 Å². The lowest BCUT2D eigenvalue weighted by molar-refractivity contribution is -0.123. The fourth-order valence-electron chi connectivity index (χ4n) is 3.00. The summed E-state index contributed by atoms with van der Waals surface area (Å²) in [6, 6.07) is 19.5. The van der Waals surface area contributed by atoms with Crippen LogP contribution in [0.2, 0.25) is 0 Å². The summed E-state index contributed by atoms with van der Waals surface area (Å²) >= 11 is 0. The molecule has 1 aliphatic carbocycles. The first-order valence-electron chi connectivity index (χ1n) is 8.18. The normalized spacial score (nSPS) is 16.8. The van der Waals surface area contributed by atoms with Crippen molar-refractivity contribution in [2.75, 3.05) is 6.54 Å². The number of carbonyl (C=O) groups excluding carboxylic acids is 1. The predicted molar refractivity (Wildman–Crippen MR) is 91.1 cm³/mol. The SMILES string of the molecule is CC(O)(CNC(=O)C(c1ccccc1)c1ccccc1)C1CC1. The number of nitrogens with one attached hydrogen (secondary N) is 1. The van der Waals surface area contributed by atoms with E-state index in [9.17, 15) is 9.90 Å². The van der Waals surface area contributed by atoms with E-state index in [0.717, 1.165) is 24.0 Å². The standard InChI is InChI=1S/C20H23NO2/c1-20(23,17-12-13-17)14-21-19(22)18(15-8-4-2-5-9-15)16-10-6-3-7-11-16/h2-11,17-18,23H,12-14H2,1H3,(H,21,22). The molecule has 1 aliphatic rings. The van der Waals surface area contributed by atoms with Gasteiger partial charge in [0.25, 0.3) is 0 Å². The first kappa shape index (κ1) is 15.8. The van der Waals surface area contributed by atoms with Gasteiger partial charge in [-0.25, -0.2) is 0 Å². The highest BCUT2D eigenvalue weighted by Crippen LogP contribution is 2.39. The highest BCUT2D eigenvalue weighted by molar-refractivity contribution is 5.87. The molecule has 1 amide bonds. The molecule has 3 rings (SSSR count). The monoisotopic (exact) mass is 309 g/mol. The zero-order valence-electron chi connectivity index (χ0n) is 13.4. The van der Waals surface area contributed by atoms with Crippen LogP contribution >= 0.6 is 0 Å². The Morgan fingerprint density at radius 3 is 2.00 bits per heavy atom. The van der Waals surface area contributed by atoms with Crippen molar-refractivity contribution in [2.45, 2.75) is 31.3 Å². The molecular formula is C20H23NO2. The Morgan fingerprint density at radius 1 is 1.09 bits per heavy atom. The van der Waals surface area contributed by atoms with Gasteiger partial charge in [0.2, 0.25) is 5.91 Å². The lowest BCUT2D eigenvalue weighted by atomic mass is 9.90. The van der Waals surface area contributed by atoms with Gasteiger partial charge in [-0.05, 0) is 36.8 Å². The lowest BCUT2D eigenvalue weighted by Gasteiger charge is -2.25. The van der Waals surface area contributed by atoms with E-state index in [4.69, 9.17) is 0 Å². The summed E-state index contributed by atoms with van der Waals surface area (Å²) < 4.78 is 0. The summed E-state index contributed by atoms with van der Waals surface area (Å²) in [6.45, 7) is 2.11. The van der Waals surface area contributed by atoms with Gasteiger partial charge in [0, 0.05) is 6.54 Å². The minimum Gasteiger partial charge on any atom is -0.388 e. The van der Waals surface area contributed by atoms with Crippen molar-refractivity contribution in [2.24, 2.45) is 5.92 Å². The molecule has 1 unspecified atom stereocenters. The van der Waals surface area contributed by atoms with Crippen molar-refractivity contribution in [1.82, 2.24) is 5.32 Å². The molecule has 120 valence electrons. The molecule has 0 saturated heterocycles. The number of aliphatic hydroxyl groups is 1. The van der Waals surface area contributed by atoms with Crippen molar-refractivity contribution in [3.05, 3.63) is 71.8 Å². The molecule has 0 spiro atoms. The molecule has 2 N–H and O–H groups in total. The van der Waals surface area contributed by atoms with E-state index in [0.29, 0.717) is 12.5 Å². The molecule has 1 atom stereocenters. The third-order valence-electron chi connectivity index (χ3n) is 4.61. The molecule has 2 aromatic carbocycles. The fourth-order valence-corrected chi connectivity index (χ4v) is 3.00. The summed E-state index contributed by atoms with van der Waals surface area (Å²) in [5.41, 5.74) is 1.11. The molecule has 2 aromatic rings. The highest BCUT2D eigenvalue weighted by atomic mass is 16.3. The van der Waals surface area contributed by atoms with Crippen molar-refractivity contribution in [3.63, 3.8) is 0 Å². The second-order valence-electron chi connectivity index (χ2n) is 6.60. The topological polar surface area (TPSA) is 49.3 Å². The number of amides is 1. The minimum absolute atomic E-state index is 0.0664. The zero-order valence-corrected chi connectivity index (χ0v) is 13.4. The summed E-state index contributed by atoms with van der Waals surface area (Å²) in [5, 5.41) is 13.4. The maximum Gasteiger partial charge on any atom is 0.232 e. The first-order valence-corrected chi connectivity index (χ1v) is 8.18. The van der Waals surface area contributed by atoms with Gasteiger partial charge in [0.15, 0.2) is 0 Å². The number of rotatable bonds is 6. The molecule has 1 saturated carbocycles. The Labute approximate surface area is 137 Å². The number of hydrogen-bond acceptors (Lipinski definition) is 2. The van der Waals surface area contributed by atoms with Crippen molar-refractivity contribution >= 4 is 5.91 Å². The third-order valence-corrected chi connectivity index (χ3v) is 4.61. The minimum atomic E-state index is -0.812. The lowest BCUT2D eigenvalue weighted by Crippen LogP contribution is -2.43. The van der Waals surface area contributed by atoms with E-state index in [2.05, 4.69) is 5.32 Å². The van der Waals surface area contributed by atoms with E-state index < -0.39 is 5.60 Å². The van der Waals surface area contributed by atoms with Gasteiger partial charge in [-0.3, -0.25) is 4.79 Å².